The first-order valence-corrected chi connectivity index (χ1v) is 8.65. The highest BCUT2D eigenvalue weighted by Crippen LogP contribution is 2.45. The third kappa shape index (κ3) is 3.78. The molecule has 1 heterocycles. The molecule has 8 heteroatoms. The molecule has 1 saturated carbocycles. The Morgan fingerprint density at radius 3 is 2.46 bits per heavy atom. The number of amides is 3. The number of rotatable bonds is 3. The second-order valence-corrected chi connectivity index (χ2v) is 7.45. The van der Waals surface area contributed by atoms with Crippen LogP contribution in [-0.2, 0) is 0 Å². The number of urea groups is 1. The van der Waals surface area contributed by atoms with Gasteiger partial charge >= 0.3 is 12.2 Å². The Morgan fingerprint density at radius 2 is 1.88 bits per heavy atom. The molecule has 26 heavy (non-hydrogen) atoms. The van der Waals surface area contributed by atoms with E-state index in [0.717, 1.165) is 12.8 Å². The zero-order valence-corrected chi connectivity index (χ0v) is 14.7. The van der Waals surface area contributed by atoms with Gasteiger partial charge in [0, 0.05) is 29.4 Å². The van der Waals surface area contributed by atoms with Crippen LogP contribution in [0, 0.1) is 5.92 Å². The highest BCUT2D eigenvalue weighted by molar-refractivity contribution is 5.97. The summed E-state index contributed by atoms with van der Waals surface area (Å²) in [6.07, 6.45) is -2.54. The Bertz CT molecular complexity index is 714. The second-order valence-electron chi connectivity index (χ2n) is 7.45. The van der Waals surface area contributed by atoms with Crippen molar-refractivity contribution in [2.45, 2.75) is 50.9 Å². The summed E-state index contributed by atoms with van der Waals surface area (Å²) < 4.78 is 39.7. The second kappa shape index (κ2) is 6.48. The lowest BCUT2D eigenvalue weighted by molar-refractivity contribution is -0.189. The minimum Gasteiger partial charge on any atom is -0.335 e. The van der Waals surface area contributed by atoms with Crippen LogP contribution in [0.2, 0.25) is 0 Å². The highest BCUT2D eigenvalue weighted by Gasteiger charge is 2.56. The Labute approximate surface area is 149 Å². The summed E-state index contributed by atoms with van der Waals surface area (Å²) in [6.45, 7) is 2.94. The summed E-state index contributed by atoms with van der Waals surface area (Å²) in [5, 5.41) is 5.42. The van der Waals surface area contributed by atoms with Crippen LogP contribution in [0.5, 0.6) is 0 Å². The van der Waals surface area contributed by atoms with Gasteiger partial charge in [-0.25, -0.2) is 4.79 Å². The normalized spacial score (nSPS) is 22.2. The molecule has 0 spiro atoms. The zero-order valence-electron chi connectivity index (χ0n) is 14.7. The number of carbonyl (C=O) groups is 2. The van der Waals surface area contributed by atoms with Crippen LogP contribution in [-0.4, -0.2) is 41.1 Å². The molecule has 1 atom stereocenters. The van der Waals surface area contributed by atoms with Crippen molar-refractivity contribution >= 4 is 17.6 Å². The summed E-state index contributed by atoms with van der Waals surface area (Å²) >= 11 is 0. The molecule has 2 N–H and O–H groups in total. The fourth-order valence-corrected chi connectivity index (χ4v) is 3.48. The third-order valence-corrected chi connectivity index (χ3v) is 5.11. The average Bonchev–Trinajstić information content (AvgIpc) is 3.26. The standard InChI is InChI=1S/C18H22F3N3O2/c1-17(2)14(18(19,20)21)8-9-24(17)15(25)11-4-3-5-13(10-11)23-16(26)22-12-6-7-12/h3-5,10,12,14H,6-9H2,1-2H3,(H2,22,23,26)/t14-/m1/s1. The van der Waals surface area contributed by atoms with Gasteiger partial charge in [-0.2, -0.15) is 13.2 Å². The maximum atomic E-state index is 13.2. The lowest BCUT2D eigenvalue weighted by atomic mass is 9.87. The lowest BCUT2D eigenvalue weighted by Gasteiger charge is -2.36. The van der Waals surface area contributed by atoms with Crippen LogP contribution in [0.15, 0.2) is 24.3 Å². The van der Waals surface area contributed by atoms with E-state index in [-0.39, 0.29) is 30.6 Å². The molecule has 0 radical (unpaired) electrons. The van der Waals surface area contributed by atoms with Crippen molar-refractivity contribution in [3.8, 4) is 0 Å². The number of nitrogens with one attached hydrogen (secondary N) is 2. The molecule has 1 aliphatic heterocycles. The van der Waals surface area contributed by atoms with Crippen molar-refractivity contribution in [2.24, 2.45) is 5.92 Å². The molecule has 1 aromatic rings. The van der Waals surface area contributed by atoms with Crippen LogP contribution in [0.3, 0.4) is 0 Å². The summed E-state index contributed by atoms with van der Waals surface area (Å²) in [4.78, 5) is 25.9. The van der Waals surface area contributed by atoms with Crippen molar-refractivity contribution in [3.05, 3.63) is 29.8 Å². The van der Waals surface area contributed by atoms with Crippen molar-refractivity contribution in [2.75, 3.05) is 11.9 Å². The van der Waals surface area contributed by atoms with Gasteiger partial charge in [-0.3, -0.25) is 4.79 Å². The number of alkyl halides is 3. The monoisotopic (exact) mass is 369 g/mol. The molecule has 3 rings (SSSR count). The van der Waals surface area contributed by atoms with Crippen LogP contribution in [0.4, 0.5) is 23.7 Å². The van der Waals surface area contributed by atoms with Gasteiger partial charge in [0.1, 0.15) is 0 Å². The van der Waals surface area contributed by atoms with E-state index in [1.807, 2.05) is 0 Å². The molecule has 1 saturated heterocycles. The molecule has 3 amide bonds. The van der Waals surface area contributed by atoms with Gasteiger partial charge in [-0.05, 0) is 51.3 Å². The molecule has 0 bridgehead atoms. The van der Waals surface area contributed by atoms with Crippen molar-refractivity contribution < 1.29 is 22.8 Å². The first kappa shape index (κ1) is 18.5. The largest absolute Gasteiger partial charge is 0.394 e. The fourth-order valence-electron chi connectivity index (χ4n) is 3.48. The van der Waals surface area contributed by atoms with E-state index in [1.54, 1.807) is 18.2 Å². The smallest absolute Gasteiger partial charge is 0.335 e. The highest BCUT2D eigenvalue weighted by atomic mass is 19.4. The zero-order chi connectivity index (χ0) is 19.1. The van der Waals surface area contributed by atoms with Gasteiger partial charge in [0.15, 0.2) is 0 Å². The molecule has 1 aromatic carbocycles. The Hall–Kier alpha value is -2.25. The summed E-state index contributed by atoms with van der Waals surface area (Å²) in [6, 6.07) is 6.12. The molecule has 0 aromatic heterocycles. The maximum absolute atomic E-state index is 13.2. The Morgan fingerprint density at radius 1 is 1.19 bits per heavy atom. The molecule has 2 fully saturated rings. The van der Waals surface area contributed by atoms with E-state index in [1.165, 1.54) is 24.8 Å². The number of halogens is 3. The third-order valence-electron chi connectivity index (χ3n) is 5.11. The Balaban J connectivity index is 1.73. The van der Waals surface area contributed by atoms with Crippen molar-refractivity contribution in [1.82, 2.24) is 10.2 Å². The van der Waals surface area contributed by atoms with Crippen LogP contribution < -0.4 is 10.6 Å². The molecule has 0 unspecified atom stereocenters. The molecular weight excluding hydrogens is 347 g/mol. The van der Waals surface area contributed by atoms with Crippen molar-refractivity contribution in [1.29, 1.82) is 0 Å². The fraction of sp³-hybridized carbons (Fsp3) is 0.556. The van der Waals surface area contributed by atoms with E-state index in [2.05, 4.69) is 10.6 Å². The van der Waals surface area contributed by atoms with Gasteiger partial charge in [-0.1, -0.05) is 6.07 Å². The molecule has 1 aliphatic carbocycles. The summed E-state index contributed by atoms with van der Waals surface area (Å²) in [7, 11) is 0. The quantitative estimate of drug-likeness (QED) is 0.852. The van der Waals surface area contributed by atoms with Gasteiger partial charge < -0.3 is 15.5 Å². The molecule has 5 nitrogen and oxygen atoms in total. The molecule has 2 aliphatic rings. The van der Waals surface area contributed by atoms with Crippen LogP contribution in [0.1, 0.15) is 43.5 Å². The first-order chi connectivity index (χ1) is 12.1. The molecular formula is C18H22F3N3O2. The minimum atomic E-state index is -4.34. The van der Waals surface area contributed by atoms with Gasteiger partial charge in [0.2, 0.25) is 0 Å². The number of hydrogen-bond donors (Lipinski definition) is 2. The minimum absolute atomic E-state index is 0.0514. The Kier molecular flexibility index (Phi) is 4.62. The van der Waals surface area contributed by atoms with Gasteiger partial charge in [-0.15, -0.1) is 0 Å². The van der Waals surface area contributed by atoms with E-state index in [9.17, 15) is 22.8 Å². The summed E-state index contributed by atoms with van der Waals surface area (Å²) in [5.41, 5.74) is -0.634. The predicted molar refractivity (Wildman–Crippen MR) is 90.9 cm³/mol. The topological polar surface area (TPSA) is 61.4 Å². The number of hydrogen-bond acceptors (Lipinski definition) is 2. The van der Waals surface area contributed by atoms with Crippen molar-refractivity contribution in [3.63, 3.8) is 0 Å². The number of anilines is 1. The average molecular weight is 369 g/mol. The van der Waals surface area contributed by atoms with E-state index >= 15 is 0 Å². The summed E-state index contributed by atoms with van der Waals surface area (Å²) in [5.74, 6) is -2.02. The van der Waals surface area contributed by atoms with E-state index < -0.39 is 23.5 Å². The number of likely N-dealkylation sites (tertiary alicyclic amines) is 1. The number of nitrogens with zero attached hydrogens (tertiary/aromatic N) is 1. The van der Waals surface area contributed by atoms with E-state index in [4.69, 9.17) is 0 Å². The predicted octanol–water partition coefficient (Wildman–Crippen LogP) is 3.77. The van der Waals surface area contributed by atoms with Gasteiger partial charge in [0.05, 0.1) is 5.92 Å². The molecule has 142 valence electrons. The lowest BCUT2D eigenvalue weighted by Crippen LogP contribution is -2.49. The van der Waals surface area contributed by atoms with E-state index in [0.29, 0.717) is 5.69 Å². The first-order valence-electron chi connectivity index (χ1n) is 8.65. The van der Waals surface area contributed by atoms with Gasteiger partial charge in [0.25, 0.3) is 5.91 Å². The number of carbonyl (C=O) groups excluding carboxylic acids is 2. The van der Waals surface area contributed by atoms with Crippen LogP contribution in [0.25, 0.3) is 0 Å². The van der Waals surface area contributed by atoms with Crippen LogP contribution >= 0.6 is 0 Å². The maximum Gasteiger partial charge on any atom is 0.394 e. The SMILES string of the molecule is CC1(C)[C@H](C(F)(F)F)CCN1C(=O)c1cccc(NC(=O)NC2CC2)c1. The number of benzene rings is 1.